The van der Waals surface area contributed by atoms with Crippen LogP contribution in [0.4, 0.5) is 0 Å². The van der Waals surface area contributed by atoms with Gasteiger partial charge in [-0.1, -0.05) is 12.2 Å². The lowest BCUT2D eigenvalue weighted by molar-refractivity contribution is -0.132. The predicted molar refractivity (Wildman–Crippen MR) is 60.7 cm³/mol. The third-order valence-electron chi connectivity index (χ3n) is 2.55. The number of aliphatic hydroxyl groups is 3. The fourth-order valence-electron chi connectivity index (χ4n) is 1.41. The maximum absolute atomic E-state index is 10.5. The number of carbonyl (C=O) groups is 2. The van der Waals surface area contributed by atoms with Crippen molar-refractivity contribution in [3.05, 3.63) is 24.3 Å². The summed E-state index contributed by atoms with van der Waals surface area (Å²) in [6, 6.07) is 0. The van der Waals surface area contributed by atoms with Crippen LogP contribution in [0.1, 0.15) is 0 Å². The molecule has 0 aliphatic carbocycles. The highest BCUT2D eigenvalue weighted by atomic mass is 16.4. The Morgan fingerprint density at radius 1 is 0.944 bits per heavy atom. The van der Waals surface area contributed by atoms with E-state index in [1.54, 1.807) is 0 Å². The van der Waals surface area contributed by atoms with Crippen LogP contribution in [0.3, 0.4) is 0 Å². The molecule has 102 valence electrons. The molecular weight excluding hydrogens is 244 g/mol. The third kappa shape index (κ3) is 4.66. The molecule has 0 radical (unpaired) electrons. The summed E-state index contributed by atoms with van der Waals surface area (Å²) >= 11 is 0. The van der Waals surface area contributed by atoms with Crippen LogP contribution in [-0.4, -0.2) is 57.3 Å². The van der Waals surface area contributed by atoms with Crippen molar-refractivity contribution in [1.29, 1.82) is 0 Å². The minimum atomic E-state index is -1.44. The van der Waals surface area contributed by atoms with Crippen LogP contribution in [-0.2, 0) is 9.59 Å². The van der Waals surface area contributed by atoms with E-state index in [2.05, 4.69) is 0 Å². The van der Waals surface area contributed by atoms with E-state index < -0.39 is 43.1 Å². The van der Waals surface area contributed by atoms with Crippen LogP contribution in [0.2, 0.25) is 0 Å². The molecule has 0 atom stereocenters. The van der Waals surface area contributed by atoms with E-state index in [4.69, 9.17) is 20.4 Å². The molecule has 0 saturated carbocycles. The molecule has 0 aliphatic rings. The summed E-state index contributed by atoms with van der Waals surface area (Å²) in [4.78, 5) is 20.9. The van der Waals surface area contributed by atoms with Crippen molar-refractivity contribution < 1.29 is 35.1 Å². The zero-order valence-electron chi connectivity index (χ0n) is 9.56. The lowest BCUT2D eigenvalue weighted by Gasteiger charge is -2.31. The van der Waals surface area contributed by atoms with Gasteiger partial charge in [0.15, 0.2) is 0 Å². The second-order valence-corrected chi connectivity index (χ2v) is 3.68. The minimum absolute atomic E-state index is 0.537. The molecule has 18 heavy (non-hydrogen) atoms. The smallest absolute Gasteiger partial charge is 0.328 e. The minimum Gasteiger partial charge on any atom is -0.478 e. The number of hydrogen-bond acceptors (Lipinski definition) is 5. The number of carboxylic acid groups (broad SMARTS) is 2. The SMILES string of the molecule is O=C(O)C=CC(C=CC(=O)O)(CO)C(CO)CO. The largest absolute Gasteiger partial charge is 0.478 e. The van der Waals surface area contributed by atoms with E-state index in [1.165, 1.54) is 0 Å². The van der Waals surface area contributed by atoms with Crippen molar-refractivity contribution in [3.8, 4) is 0 Å². The lowest BCUT2D eigenvalue weighted by Crippen LogP contribution is -2.36. The number of rotatable bonds is 8. The van der Waals surface area contributed by atoms with E-state index >= 15 is 0 Å². The van der Waals surface area contributed by atoms with Crippen LogP contribution >= 0.6 is 0 Å². The van der Waals surface area contributed by atoms with Gasteiger partial charge in [0.25, 0.3) is 0 Å². The van der Waals surface area contributed by atoms with Crippen LogP contribution in [0.5, 0.6) is 0 Å². The molecule has 0 aromatic heterocycles. The molecule has 0 amide bonds. The zero-order chi connectivity index (χ0) is 14.2. The predicted octanol–water partition coefficient (Wildman–Crippen LogP) is -1.15. The van der Waals surface area contributed by atoms with Gasteiger partial charge in [0.2, 0.25) is 0 Å². The summed E-state index contributed by atoms with van der Waals surface area (Å²) in [5, 5.41) is 44.6. The van der Waals surface area contributed by atoms with Gasteiger partial charge in [-0.2, -0.15) is 0 Å². The third-order valence-corrected chi connectivity index (χ3v) is 2.55. The Morgan fingerprint density at radius 3 is 1.56 bits per heavy atom. The van der Waals surface area contributed by atoms with Gasteiger partial charge in [0, 0.05) is 36.7 Å². The Balaban J connectivity index is 5.44. The Morgan fingerprint density at radius 2 is 1.33 bits per heavy atom. The molecule has 0 aromatic rings. The van der Waals surface area contributed by atoms with Crippen molar-refractivity contribution in [2.75, 3.05) is 19.8 Å². The fourth-order valence-corrected chi connectivity index (χ4v) is 1.41. The van der Waals surface area contributed by atoms with E-state index in [9.17, 15) is 14.7 Å². The first-order valence-electron chi connectivity index (χ1n) is 5.08. The van der Waals surface area contributed by atoms with Crippen molar-refractivity contribution in [3.63, 3.8) is 0 Å². The van der Waals surface area contributed by atoms with Gasteiger partial charge in [-0.3, -0.25) is 0 Å². The van der Waals surface area contributed by atoms with Gasteiger partial charge < -0.3 is 25.5 Å². The topological polar surface area (TPSA) is 135 Å². The van der Waals surface area contributed by atoms with Crippen molar-refractivity contribution in [2.45, 2.75) is 0 Å². The van der Waals surface area contributed by atoms with Crippen LogP contribution in [0.15, 0.2) is 24.3 Å². The molecule has 7 nitrogen and oxygen atoms in total. The van der Waals surface area contributed by atoms with Crippen LogP contribution in [0.25, 0.3) is 0 Å². The molecule has 0 aromatic carbocycles. The molecule has 0 aliphatic heterocycles. The first kappa shape index (κ1) is 16.3. The second-order valence-electron chi connectivity index (χ2n) is 3.68. The van der Waals surface area contributed by atoms with Crippen LogP contribution < -0.4 is 0 Å². The fraction of sp³-hybridized carbons (Fsp3) is 0.455. The molecule has 7 heteroatoms. The van der Waals surface area contributed by atoms with E-state index in [0.717, 1.165) is 24.3 Å². The van der Waals surface area contributed by atoms with Crippen LogP contribution in [0, 0.1) is 11.3 Å². The highest BCUT2D eigenvalue weighted by Gasteiger charge is 2.33. The highest BCUT2D eigenvalue weighted by Crippen LogP contribution is 2.31. The van der Waals surface area contributed by atoms with Gasteiger partial charge in [-0.15, -0.1) is 0 Å². The zero-order valence-corrected chi connectivity index (χ0v) is 9.56. The van der Waals surface area contributed by atoms with Crippen molar-refractivity contribution >= 4 is 11.9 Å². The number of aliphatic carboxylic acids is 2. The maximum atomic E-state index is 10.5. The van der Waals surface area contributed by atoms with Gasteiger partial charge >= 0.3 is 11.9 Å². The molecule has 0 unspecified atom stereocenters. The average Bonchev–Trinajstić information content (AvgIpc) is 2.33. The quantitative estimate of drug-likeness (QED) is 0.347. The summed E-state index contributed by atoms with van der Waals surface area (Å²) in [6.45, 7) is -1.72. The second kappa shape index (κ2) is 7.59. The molecule has 0 rings (SSSR count). The normalized spacial score (nSPS) is 15.3. The molecule has 0 saturated heterocycles. The van der Waals surface area contributed by atoms with E-state index in [0.29, 0.717) is 0 Å². The molecule has 0 bridgehead atoms. The summed E-state index contributed by atoms with van der Waals surface area (Å²) < 4.78 is 0. The summed E-state index contributed by atoms with van der Waals surface area (Å²) in [5.74, 6) is -3.48. The lowest BCUT2D eigenvalue weighted by atomic mass is 9.76. The van der Waals surface area contributed by atoms with E-state index in [-0.39, 0.29) is 0 Å². The maximum Gasteiger partial charge on any atom is 0.328 e. The summed E-state index contributed by atoms with van der Waals surface area (Å²) in [6.07, 6.45) is 3.54. The number of hydrogen-bond donors (Lipinski definition) is 5. The molecule has 5 N–H and O–H groups in total. The molecular formula is C11H16O7. The van der Waals surface area contributed by atoms with E-state index in [1.807, 2.05) is 0 Å². The first-order valence-corrected chi connectivity index (χ1v) is 5.08. The summed E-state index contributed by atoms with van der Waals surface area (Å²) in [5.41, 5.74) is -1.44. The van der Waals surface area contributed by atoms with Gasteiger partial charge in [-0.25, -0.2) is 9.59 Å². The molecule has 0 fully saturated rings. The first-order chi connectivity index (χ1) is 8.41. The standard InChI is InChI=1S/C11H16O7/c12-5-8(6-13)11(7-14,3-1-9(15)16)4-2-10(17)18/h1-4,8,12-14H,5-7H2,(H,15,16)(H,17,18). The summed E-state index contributed by atoms with van der Waals surface area (Å²) in [7, 11) is 0. The molecule has 0 heterocycles. The monoisotopic (exact) mass is 260 g/mol. The van der Waals surface area contributed by atoms with Gasteiger partial charge in [-0.05, 0) is 0 Å². The Hall–Kier alpha value is -1.70. The Labute approximate surface area is 103 Å². The van der Waals surface area contributed by atoms with Crippen molar-refractivity contribution in [2.24, 2.45) is 11.3 Å². The van der Waals surface area contributed by atoms with Gasteiger partial charge in [0.1, 0.15) is 0 Å². The number of aliphatic hydroxyl groups excluding tert-OH is 3. The Bertz CT molecular complexity index is 317. The molecule has 0 spiro atoms. The Kier molecular flexibility index (Phi) is 6.88. The average molecular weight is 260 g/mol. The highest BCUT2D eigenvalue weighted by molar-refractivity contribution is 5.81. The van der Waals surface area contributed by atoms with Gasteiger partial charge in [0.05, 0.1) is 6.61 Å². The number of carboxylic acids is 2. The van der Waals surface area contributed by atoms with Crippen molar-refractivity contribution in [1.82, 2.24) is 0 Å².